The van der Waals surface area contributed by atoms with E-state index in [1.165, 1.54) is 11.6 Å². The van der Waals surface area contributed by atoms with E-state index in [2.05, 4.69) is 12.1 Å². The molecule has 0 aliphatic rings. The average Bonchev–Trinajstić information content (AvgIpc) is 2.42. The van der Waals surface area contributed by atoms with Gasteiger partial charge in [0.1, 0.15) is 0 Å². The van der Waals surface area contributed by atoms with E-state index in [4.69, 9.17) is 5.73 Å². The van der Waals surface area contributed by atoms with Crippen molar-refractivity contribution in [1.29, 1.82) is 0 Å². The van der Waals surface area contributed by atoms with Crippen LogP contribution in [0.5, 0.6) is 0 Å². The molecule has 2 aromatic carbocycles. The Morgan fingerprint density at radius 2 is 1.63 bits per heavy atom. The van der Waals surface area contributed by atoms with Crippen LogP contribution in [0.2, 0.25) is 0 Å². The van der Waals surface area contributed by atoms with Crippen LogP contribution >= 0.6 is 0 Å². The standard InChI is InChI=1S/C16H17F2N/c17-15-9-7-13(11-16(15)18)10-14(19)8-6-12-4-2-1-3-5-12/h1-5,7,9,11,14H,6,8,10,19H2. The van der Waals surface area contributed by atoms with Crippen molar-refractivity contribution in [3.63, 3.8) is 0 Å². The molecule has 0 spiro atoms. The third-order valence-corrected chi connectivity index (χ3v) is 3.13. The lowest BCUT2D eigenvalue weighted by Crippen LogP contribution is -2.23. The highest BCUT2D eigenvalue weighted by atomic mass is 19.2. The fourth-order valence-electron chi connectivity index (χ4n) is 2.07. The third kappa shape index (κ3) is 4.14. The van der Waals surface area contributed by atoms with Crippen LogP contribution in [-0.2, 0) is 12.8 Å². The molecule has 0 radical (unpaired) electrons. The van der Waals surface area contributed by atoms with E-state index in [9.17, 15) is 8.78 Å². The summed E-state index contributed by atoms with van der Waals surface area (Å²) in [5.41, 5.74) is 8.00. The molecule has 1 unspecified atom stereocenters. The van der Waals surface area contributed by atoms with Crippen molar-refractivity contribution in [3.05, 3.63) is 71.3 Å². The Labute approximate surface area is 112 Å². The van der Waals surface area contributed by atoms with Crippen LogP contribution in [0.4, 0.5) is 8.78 Å². The zero-order valence-corrected chi connectivity index (χ0v) is 10.7. The molecule has 1 nitrogen and oxygen atoms in total. The molecule has 0 heterocycles. The lowest BCUT2D eigenvalue weighted by atomic mass is 10.00. The number of halogens is 2. The van der Waals surface area contributed by atoms with Crippen molar-refractivity contribution in [2.75, 3.05) is 0 Å². The second-order valence-corrected chi connectivity index (χ2v) is 4.74. The molecule has 0 saturated carbocycles. The Hall–Kier alpha value is -1.74. The highest BCUT2D eigenvalue weighted by Crippen LogP contribution is 2.12. The van der Waals surface area contributed by atoms with Gasteiger partial charge in [0.15, 0.2) is 11.6 Å². The van der Waals surface area contributed by atoms with Crippen molar-refractivity contribution in [2.45, 2.75) is 25.3 Å². The second-order valence-electron chi connectivity index (χ2n) is 4.74. The van der Waals surface area contributed by atoms with E-state index in [1.807, 2.05) is 18.2 Å². The highest BCUT2D eigenvalue weighted by Gasteiger charge is 2.07. The van der Waals surface area contributed by atoms with Crippen LogP contribution < -0.4 is 5.73 Å². The summed E-state index contributed by atoms with van der Waals surface area (Å²) in [6.45, 7) is 0. The molecular formula is C16H17F2N. The minimum absolute atomic E-state index is 0.0509. The molecule has 19 heavy (non-hydrogen) atoms. The second kappa shape index (κ2) is 6.43. The van der Waals surface area contributed by atoms with Gasteiger partial charge in [-0.3, -0.25) is 0 Å². The monoisotopic (exact) mass is 261 g/mol. The van der Waals surface area contributed by atoms with Gasteiger partial charge in [-0.15, -0.1) is 0 Å². The molecule has 0 aliphatic heterocycles. The smallest absolute Gasteiger partial charge is 0.159 e. The molecule has 0 aromatic heterocycles. The van der Waals surface area contributed by atoms with Gasteiger partial charge in [-0.05, 0) is 42.5 Å². The molecule has 0 amide bonds. The van der Waals surface area contributed by atoms with Crippen molar-refractivity contribution >= 4 is 0 Å². The zero-order valence-electron chi connectivity index (χ0n) is 10.7. The highest BCUT2D eigenvalue weighted by molar-refractivity contribution is 5.19. The first kappa shape index (κ1) is 13.7. The maximum Gasteiger partial charge on any atom is 0.159 e. The van der Waals surface area contributed by atoms with Crippen molar-refractivity contribution in [3.8, 4) is 0 Å². The number of nitrogens with two attached hydrogens (primary N) is 1. The first-order valence-corrected chi connectivity index (χ1v) is 6.38. The molecule has 100 valence electrons. The summed E-state index contributed by atoms with van der Waals surface area (Å²) in [5.74, 6) is -1.63. The minimum Gasteiger partial charge on any atom is -0.327 e. The molecule has 2 rings (SSSR count). The Morgan fingerprint density at radius 3 is 2.32 bits per heavy atom. The van der Waals surface area contributed by atoms with Crippen LogP contribution in [0.3, 0.4) is 0 Å². The molecule has 0 fully saturated rings. The predicted molar refractivity (Wildman–Crippen MR) is 72.8 cm³/mol. The van der Waals surface area contributed by atoms with Crippen LogP contribution in [0.15, 0.2) is 48.5 Å². The van der Waals surface area contributed by atoms with Crippen molar-refractivity contribution < 1.29 is 8.78 Å². The van der Waals surface area contributed by atoms with Gasteiger partial charge in [-0.1, -0.05) is 36.4 Å². The maximum absolute atomic E-state index is 13.1. The van der Waals surface area contributed by atoms with Gasteiger partial charge in [0.05, 0.1) is 0 Å². The summed E-state index contributed by atoms with van der Waals surface area (Å²) in [4.78, 5) is 0. The normalized spacial score (nSPS) is 12.4. The van der Waals surface area contributed by atoms with E-state index in [0.29, 0.717) is 6.42 Å². The van der Waals surface area contributed by atoms with Gasteiger partial charge in [0.25, 0.3) is 0 Å². The largest absolute Gasteiger partial charge is 0.327 e. The van der Waals surface area contributed by atoms with Crippen LogP contribution in [-0.4, -0.2) is 6.04 Å². The lowest BCUT2D eigenvalue weighted by Gasteiger charge is -2.12. The number of rotatable bonds is 5. The number of hydrogen-bond donors (Lipinski definition) is 1. The van der Waals surface area contributed by atoms with Gasteiger partial charge in [-0.25, -0.2) is 8.78 Å². The first-order chi connectivity index (χ1) is 9.15. The van der Waals surface area contributed by atoms with E-state index < -0.39 is 11.6 Å². The molecule has 1 atom stereocenters. The molecule has 0 saturated heterocycles. The maximum atomic E-state index is 13.1. The Kier molecular flexibility index (Phi) is 4.63. The van der Waals surface area contributed by atoms with Crippen molar-refractivity contribution in [1.82, 2.24) is 0 Å². The Bertz CT molecular complexity index is 526. The van der Waals surface area contributed by atoms with E-state index >= 15 is 0 Å². The van der Waals surface area contributed by atoms with Gasteiger partial charge in [0.2, 0.25) is 0 Å². The van der Waals surface area contributed by atoms with Crippen LogP contribution in [0.25, 0.3) is 0 Å². The molecule has 2 aromatic rings. The lowest BCUT2D eigenvalue weighted by molar-refractivity contribution is 0.505. The minimum atomic E-state index is -0.818. The summed E-state index contributed by atoms with van der Waals surface area (Å²) in [7, 11) is 0. The molecule has 0 bridgehead atoms. The summed E-state index contributed by atoms with van der Waals surface area (Å²) in [6.07, 6.45) is 2.28. The summed E-state index contributed by atoms with van der Waals surface area (Å²) < 4.78 is 25.9. The third-order valence-electron chi connectivity index (χ3n) is 3.13. The fraction of sp³-hybridized carbons (Fsp3) is 0.250. The Balaban J connectivity index is 1.87. The predicted octanol–water partition coefficient (Wildman–Crippen LogP) is 3.47. The Morgan fingerprint density at radius 1 is 0.895 bits per heavy atom. The SMILES string of the molecule is NC(CCc1ccccc1)Cc1ccc(F)c(F)c1. The number of hydrogen-bond acceptors (Lipinski definition) is 1. The average molecular weight is 261 g/mol. The van der Waals surface area contributed by atoms with Gasteiger partial charge >= 0.3 is 0 Å². The molecule has 3 heteroatoms. The van der Waals surface area contributed by atoms with Gasteiger partial charge in [0, 0.05) is 6.04 Å². The quantitative estimate of drug-likeness (QED) is 0.876. The van der Waals surface area contributed by atoms with Crippen LogP contribution in [0.1, 0.15) is 17.5 Å². The topological polar surface area (TPSA) is 26.0 Å². The van der Waals surface area contributed by atoms with Gasteiger partial charge in [-0.2, -0.15) is 0 Å². The first-order valence-electron chi connectivity index (χ1n) is 6.38. The molecule has 2 N–H and O–H groups in total. The van der Waals surface area contributed by atoms with Crippen LogP contribution in [0, 0.1) is 11.6 Å². The zero-order chi connectivity index (χ0) is 13.7. The van der Waals surface area contributed by atoms with E-state index in [0.717, 1.165) is 24.5 Å². The number of benzene rings is 2. The number of aryl methyl sites for hydroxylation is 1. The molecule has 0 aliphatic carbocycles. The van der Waals surface area contributed by atoms with Gasteiger partial charge < -0.3 is 5.73 Å². The summed E-state index contributed by atoms with van der Waals surface area (Å²) >= 11 is 0. The van der Waals surface area contributed by atoms with Crippen molar-refractivity contribution in [2.24, 2.45) is 5.73 Å². The van der Waals surface area contributed by atoms with E-state index in [-0.39, 0.29) is 6.04 Å². The fourth-order valence-corrected chi connectivity index (χ4v) is 2.07. The summed E-state index contributed by atoms with van der Waals surface area (Å²) in [6, 6.07) is 14.0. The van der Waals surface area contributed by atoms with E-state index in [1.54, 1.807) is 6.07 Å². The summed E-state index contributed by atoms with van der Waals surface area (Å²) in [5, 5.41) is 0. The molecular weight excluding hydrogens is 244 g/mol.